The number of piperidine rings is 1. The van der Waals surface area contributed by atoms with E-state index in [0.717, 1.165) is 13.1 Å². The summed E-state index contributed by atoms with van der Waals surface area (Å²) in [5.74, 6) is 0.476. The molecule has 1 aromatic heterocycles. The first-order valence-corrected chi connectivity index (χ1v) is 9.48. The highest BCUT2D eigenvalue weighted by Gasteiger charge is 2.26. The fraction of sp³-hybridized carbons (Fsp3) is 0.286. The summed E-state index contributed by atoms with van der Waals surface area (Å²) >= 11 is 0. The van der Waals surface area contributed by atoms with Crippen LogP contribution in [0.25, 0.3) is 11.5 Å². The first kappa shape index (κ1) is 19.1. The first-order chi connectivity index (χ1) is 14.1. The van der Waals surface area contributed by atoms with E-state index in [1.54, 1.807) is 36.4 Å². The molecule has 1 saturated heterocycles. The molecule has 0 unspecified atom stereocenters. The van der Waals surface area contributed by atoms with E-state index in [-0.39, 0.29) is 23.4 Å². The maximum absolute atomic E-state index is 13.0. The Morgan fingerprint density at radius 1 is 1.17 bits per heavy atom. The number of aromatic nitrogens is 2. The predicted molar refractivity (Wildman–Crippen MR) is 104 cm³/mol. The molecule has 4 rings (SSSR count). The maximum atomic E-state index is 13.0. The number of hydrogen-bond acceptors (Lipinski definition) is 6. The van der Waals surface area contributed by atoms with Crippen LogP contribution >= 0.6 is 0 Å². The molecule has 0 bridgehead atoms. The average Bonchev–Trinajstić information content (AvgIpc) is 3.19. The molecule has 2 aromatic carbocycles. The number of rotatable bonds is 5. The van der Waals surface area contributed by atoms with Crippen molar-refractivity contribution < 1.29 is 18.8 Å². The van der Waals surface area contributed by atoms with Crippen LogP contribution in [0, 0.1) is 11.7 Å². The van der Waals surface area contributed by atoms with Crippen molar-refractivity contribution in [2.45, 2.75) is 19.4 Å². The predicted octanol–water partition coefficient (Wildman–Crippen LogP) is 3.43. The van der Waals surface area contributed by atoms with Crippen LogP contribution in [0.5, 0.6) is 5.75 Å². The summed E-state index contributed by atoms with van der Waals surface area (Å²) in [6.45, 7) is 2.00. The van der Waals surface area contributed by atoms with E-state index in [1.807, 2.05) is 0 Å². The molecule has 0 radical (unpaired) electrons. The zero-order valence-electron chi connectivity index (χ0n) is 15.7. The fourth-order valence-electron chi connectivity index (χ4n) is 3.40. The van der Waals surface area contributed by atoms with Gasteiger partial charge in [-0.15, -0.1) is 0 Å². The average molecular weight is 396 g/mol. The Balaban J connectivity index is 1.29. The molecule has 1 aliphatic rings. The van der Waals surface area contributed by atoms with Gasteiger partial charge >= 0.3 is 0 Å². The monoisotopic (exact) mass is 396 g/mol. The molecule has 0 spiro atoms. The van der Waals surface area contributed by atoms with E-state index in [4.69, 9.17) is 4.52 Å². The van der Waals surface area contributed by atoms with E-state index < -0.39 is 0 Å². The van der Waals surface area contributed by atoms with Crippen LogP contribution in [0.3, 0.4) is 0 Å². The highest BCUT2D eigenvalue weighted by Crippen LogP contribution is 2.25. The van der Waals surface area contributed by atoms with Gasteiger partial charge in [-0.3, -0.25) is 9.69 Å². The minimum atomic E-state index is -0.317. The fourth-order valence-corrected chi connectivity index (χ4v) is 3.40. The SMILES string of the molecule is O=C(Nc1ccccc1O)C1CCN(Cc2noc(-c3ccc(F)cc3)n2)CC1. The number of amides is 1. The van der Waals surface area contributed by atoms with Gasteiger partial charge in [0.05, 0.1) is 12.2 Å². The Kier molecular flexibility index (Phi) is 5.53. The highest BCUT2D eigenvalue weighted by atomic mass is 19.1. The van der Waals surface area contributed by atoms with Crippen LogP contribution in [-0.2, 0) is 11.3 Å². The zero-order chi connectivity index (χ0) is 20.2. The number of phenolic OH excluding ortho intramolecular Hbond substituents is 1. The second kappa shape index (κ2) is 8.40. The molecule has 7 nitrogen and oxygen atoms in total. The van der Waals surface area contributed by atoms with Crippen LogP contribution < -0.4 is 5.32 Å². The third kappa shape index (κ3) is 4.60. The van der Waals surface area contributed by atoms with Crippen molar-refractivity contribution in [2.24, 2.45) is 5.92 Å². The second-order valence-electron chi connectivity index (χ2n) is 7.08. The second-order valence-corrected chi connectivity index (χ2v) is 7.08. The third-order valence-electron chi connectivity index (χ3n) is 5.04. The number of benzene rings is 2. The summed E-state index contributed by atoms with van der Waals surface area (Å²) in [5, 5.41) is 16.6. The van der Waals surface area contributed by atoms with Crippen LogP contribution in [0.1, 0.15) is 18.7 Å². The lowest BCUT2D eigenvalue weighted by atomic mass is 9.95. The molecule has 8 heteroatoms. The maximum Gasteiger partial charge on any atom is 0.257 e. The van der Waals surface area contributed by atoms with Crippen LogP contribution in [0.15, 0.2) is 53.1 Å². The van der Waals surface area contributed by atoms with E-state index >= 15 is 0 Å². The van der Waals surface area contributed by atoms with E-state index in [2.05, 4.69) is 20.4 Å². The standard InChI is InChI=1S/C21H21FN4O3/c22-16-7-5-15(6-8-16)21-24-19(25-29-21)13-26-11-9-14(10-12-26)20(28)23-17-3-1-2-4-18(17)27/h1-8,14,27H,9-13H2,(H,23,28). The number of nitrogens with one attached hydrogen (secondary N) is 1. The van der Waals surface area contributed by atoms with Gasteiger partial charge < -0.3 is 14.9 Å². The van der Waals surface area contributed by atoms with Gasteiger partial charge in [-0.25, -0.2) is 4.39 Å². The van der Waals surface area contributed by atoms with Crippen molar-refractivity contribution in [1.82, 2.24) is 15.0 Å². The van der Waals surface area contributed by atoms with Gasteiger partial charge in [-0.1, -0.05) is 17.3 Å². The van der Waals surface area contributed by atoms with Gasteiger partial charge in [0.15, 0.2) is 5.82 Å². The normalized spacial score (nSPS) is 15.3. The van der Waals surface area contributed by atoms with Crippen LogP contribution in [0.4, 0.5) is 10.1 Å². The number of carbonyl (C=O) groups is 1. The number of carbonyl (C=O) groups excluding carboxylic acids is 1. The van der Waals surface area contributed by atoms with Gasteiger partial charge in [0.2, 0.25) is 5.91 Å². The third-order valence-corrected chi connectivity index (χ3v) is 5.04. The largest absolute Gasteiger partial charge is 0.506 e. The topological polar surface area (TPSA) is 91.5 Å². The summed E-state index contributed by atoms with van der Waals surface area (Å²) in [5.41, 5.74) is 1.10. The van der Waals surface area contributed by atoms with E-state index in [9.17, 15) is 14.3 Å². The zero-order valence-corrected chi connectivity index (χ0v) is 15.7. The van der Waals surface area contributed by atoms with Crippen molar-refractivity contribution in [3.63, 3.8) is 0 Å². The quantitative estimate of drug-likeness (QED) is 0.642. The number of halogens is 1. The molecule has 2 heterocycles. The molecular formula is C21H21FN4O3. The molecule has 1 amide bonds. The number of phenols is 1. The van der Waals surface area contributed by atoms with Crippen molar-refractivity contribution in [1.29, 1.82) is 0 Å². The molecule has 150 valence electrons. The van der Waals surface area contributed by atoms with Crippen molar-refractivity contribution in [3.8, 4) is 17.2 Å². The lowest BCUT2D eigenvalue weighted by Crippen LogP contribution is -2.38. The smallest absolute Gasteiger partial charge is 0.257 e. The minimum absolute atomic E-state index is 0.0624. The number of likely N-dealkylation sites (tertiary alicyclic amines) is 1. The van der Waals surface area contributed by atoms with Gasteiger partial charge in [0, 0.05) is 11.5 Å². The molecule has 29 heavy (non-hydrogen) atoms. The number of para-hydroxylation sites is 2. The summed E-state index contributed by atoms with van der Waals surface area (Å²) < 4.78 is 18.3. The van der Waals surface area contributed by atoms with E-state index in [0.29, 0.717) is 42.4 Å². The highest BCUT2D eigenvalue weighted by molar-refractivity contribution is 5.93. The molecule has 2 N–H and O–H groups in total. The Morgan fingerprint density at radius 3 is 2.62 bits per heavy atom. The Hall–Kier alpha value is -3.26. The lowest BCUT2D eigenvalue weighted by molar-refractivity contribution is -0.121. The molecule has 0 saturated carbocycles. The summed E-state index contributed by atoms with van der Waals surface area (Å²) in [7, 11) is 0. The summed E-state index contributed by atoms with van der Waals surface area (Å²) in [4.78, 5) is 19.0. The number of anilines is 1. The van der Waals surface area contributed by atoms with E-state index in [1.165, 1.54) is 12.1 Å². The Morgan fingerprint density at radius 2 is 1.90 bits per heavy atom. The molecular weight excluding hydrogens is 375 g/mol. The molecule has 3 aromatic rings. The van der Waals surface area contributed by atoms with Crippen molar-refractivity contribution >= 4 is 11.6 Å². The molecule has 0 aliphatic carbocycles. The van der Waals surface area contributed by atoms with Gasteiger partial charge in [0.1, 0.15) is 11.6 Å². The Bertz CT molecular complexity index is 982. The number of aromatic hydroxyl groups is 1. The Labute approximate surface area is 167 Å². The minimum Gasteiger partial charge on any atom is -0.506 e. The first-order valence-electron chi connectivity index (χ1n) is 9.48. The number of hydrogen-bond donors (Lipinski definition) is 2. The summed E-state index contributed by atoms with van der Waals surface area (Å²) in [6.07, 6.45) is 1.42. The van der Waals surface area contributed by atoms with Crippen LogP contribution in [0.2, 0.25) is 0 Å². The van der Waals surface area contributed by atoms with Gasteiger partial charge in [0.25, 0.3) is 5.89 Å². The van der Waals surface area contributed by atoms with Crippen molar-refractivity contribution in [2.75, 3.05) is 18.4 Å². The molecule has 0 atom stereocenters. The van der Waals surface area contributed by atoms with Gasteiger partial charge in [-0.05, 0) is 62.3 Å². The van der Waals surface area contributed by atoms with Crippen molar-refractivity contribution in [3.05, 3.63) is 60.2 Å². The number of nitrogens with zero attached hydrogens (tertiary/aromatic N) is 3. The van der Waals surface area contributed by atoms with Gasteiger partial charge in [-0.2, -0.15) is 4.98 Å². The summed E-state index contributed by atoms with van der Waals surface area (Å²) in [6, 6.07) is 12.6. The van der Waals surface area contributed by atoms with Crippen LogP contribution in [-0.4, -0.2) is 39.1 Å². The molecule has 1 aliphatic heterocycles. The lowest BCUT2D eigenvalue weighted by Gasteiger charge is -2.30. The molecule has 1 fully saturated rings.